The second-order valence-corrected chi connectivity index (χ2v) is 7.11. The van der Waals surface area contributed by atoms with Gasteiger partial charge in [0.15, 0.2) is 11.6 Å². The monoisotopic (exact) mass is 440 g/mol. The van der Waals surface area contributed by atoms with E-state index in [0.717, 1.165) is 24.5 Å². The predicted molar refractivity (Wildman–Crippen MR) is 120 cm³/mol. The molecule has 0 atom stereocenters. The number of rotatable bonds is 6. The maximum absolute atomic E-state index is 11.4. The van der Waals surface area contributed by atoms with Gasteiger partial charge in [0.25, 0.3) is 0 Å². The lowest BCUT2D eigenvalue weighted by Gasteiger charge is -2.29. The molecule has 4 N–H and O–H groups in total. The van der Waals surface area contributed by atoms with Gasteiger partial charge in [-0.2, -0.15) is 4.98 Å². The molecule has 2 aromatic carbocycles. The van der Waals surface area contributed by atoms with E-state index in [0.29, 0.717) is 29.7 Å². The van der Waals surface area contributed by atoms with Gasteiger partial charge in [0, 0.05) is 30.5 Å². The number of halogens is 1. The molecule has 10 heteroatoms. The van der Waals surface area contributed by atoms with Crippen molar-refractivity contribution >= 4 is 46.5 Å². The van der Waals surface area contributed by atoms with E-state index in [-0.39, 0.29) is 11.7 Å². The van der Waals surface area contributed by atoms with Crippen molar-refractivity contribution in [1.29, 1.82) is 0 Å². The summed E-state index contributed by atoms with van der Waals surface area (Å²) in [6.45, 7) is 2.78. The number of nitrogens with two attached hydrogens (primary N) is 1. The molecule has 0 radical (unpaired) electrons. The maximum atomic E-state index is 11.4. The van der Waals surface area contributed by atoms with Crippen LogP contribution < -0.4 is 26.0 Å². The van der Waals surface area contributed by atoms with Crippen LogP contribution in [0.1, 0.15) is 0 Å². The number of morpholine rings is 1. The van der Waals surface area contributed by atoms with E-state index in [9.17, 15) is 4.79 Å². The molecule has 1 aliphatic heterocycles. The summed E-state index contributed by atoms with van der Waals surface area (Å²) < 4.78 is 10.6. The van der Waals surface area contributed by atoms with Gasteiger partial charge >= 0.3 is 6.09 Å². The molecule has 4 rings (SSSR count). The topological polar surface area (TPSA) is 115 Å². The van der Waals surface area contributed by atoms with Crippen LogP contribution in [0.25, 0.3) is 0 Å². The lowest BCUT2D eigenvalue weighted by Crippen LogP contribution is -2.36. The van der Waals surface area contributed by atoms with Crippen LogP contribution in [0.2, 0.25) is 5.02 Å². The molecule has 0 saturated carbocycles. The first-order chi connectivity index (χ1) is 15.1. The highest BCUT2D eigenvalue weighted by molar-refractivity contribution is 6.32. The summed E-state index contributed by atoms with van der Waals surface area (Å²) in [7, 11) is 0. The van der Waals surface area contributed by atoms with Gasteiger partial charge in [0.2, 0.25) is 5.95 Å². The van der Waals surface area contributed by atoms with Crippen LogP contribution in [-0.2, 0) is 4.74 Å². The third-order valence-electron chi connectivity index (χ3n) is 4.58. The standard InChI is InChI=1S/C21H21ClN6O3/c22-16-13-24-21(27-19(16)25-14-4-2-1-3-5-14)26-17-7-6-15(12-18(17)31-20(23)29)28-8-10-30-11-9-28/h1-7,12-13H,8-11H2,(H2,23,29)(H2,24,25,26,27). The first-order valence-corrected chi connectivity index (χ1v) is 10.0. The highest BCUT2D eigenvalue weighted by Gasteiger charge is 2.16. The Morgan fingerprint density at radius 2 is 1.90 bits per heavy atom. The summed E-state index contributed by atoms with van der Waals surface area (Å²) in [5, 5.41) is 6.58. The van der Waals surface area contributed by atoms with E-state index in [4.69, 9.17) is 26.8 Å². The molecule has 1 saturated heterocycles. The molecule has 0 unspecified atom stereocenters. The molecule has 1 amide bonds. The van der Waals surface area contributed by atoms with Crippen LogP contribution >= 0.6 is 11.6 Å². The second-order valence-electron chi connectivity index (χ2n) is 6.71. The van der Waals surface area contributed by atoms with E-state index in [2.05, 4.69) is 25.5 Å². The van der Waals surface area contributed by atoms with Crippen molar-refractivity contribution in [3.63, 3.8) is 0 Å². The largest absolute Gasteiger partial charge is 0.410 e. The molecule has 0 bridgehead atoms. The van der Waals surface area contributed by atoms with Crippen molar-refractivity contribution in [3.8, 4) is 5.75 Å². The summed E-state index contributed by atoms with van der Waals surface area (Å²) in [6.07, 6.45) is 0.574. The third kappa shape index (κ3) is 5.33. The average molecular weight is 441 g/mol. The van der Waals surface area contributed by atoms with Crippen LogP contribution in [0, 0.1) is 0 Å². The number of hydrogen-bond acceptors (Lipinski definition) is 8. The van der Waals surface area contributed by atoms with Crippen molar-refractivity contribution in [2.45, 2.75) is 0 Å². The Balaban J connectivity index is 1.59. The Morgan fingerprint density at radius 1 is 1.13 bits per heavy atom. The molecule has 3 aromatic rings. The molecule has 0 aliphatic carbocycles. The molecule has 1 fully saturated rings. The number of benzene rings is 2. The number of nitrogens with one attached hydrogen (secondary N) is 2. The molecular formula is C21H21ClN6O3. The van der Waals surface area contributed by atoms with Crippen molar-refractivity contribution in [3.05, 3.63) is 59.8 Å². The number of aromatic nitrogens is 2. The van der Waals surface area contributed by atoms with Crippen LogP contribution in [0.5, 0.6) is 5.75 Å². The van der Waals surface area contributed by atoms with Gasteiger partial charge in [-0.1, -0.05) is 29.8 Å². The average Bonchev–Trinajstić information content (AvgIpc) is 2.78. The number of carbonyl (C=O) groups is 1. The molecule has 160 valence electrons. The van der Waals surface area contributed by atoms with E-state index in [1.54, 1.807) is 12.1 Å². The zero-order chi connectivity index (χ0) is 21.6. The minimum absolute atomic E-state index is 0.271. The van der Waals surface area contributed by atoms with Crippen LogP contribution in [0.15, 0.2) is 54.7 Å². The summed E-state index contributed by atoms with van der Waals surface area (Å²) in [5.41, 5.74) is 7.49. The molecule has 1 aliphatic rings. The van der Waals surface area contributed by atoms with E-state index < -0.39 is 6.09 Å². The van der Waals surface area contributed by atoms with Crippen molar-refractivity contribution in [2.24, 2.45) is 5.73 Å². The van der Waals surface area contributed by atoms with E-state index in [1.165, 1.54) is 6.20 Å². The number of anilines is 5. The van der Waals surface area contributed by atoms with Crippen molar-refractivity contribution in [2.75, 3.05) is 41.8 Å². The number of amides is 1. The molecular weight excluding hydrogens is 420 g/mol. The van der Waals surface area contributed by atoms with E-state index >= 15 is 0 Å². The fraction of sp³-hybridized carbons (Fsp3) is 0.190. The Bertz CT molecular complexity index is 1060. The quantitative estimate of drug-likeness (QED) is 0.528. The minimum atomic E-state index is -0.911. The summed E-state index contributed by atoms with van der Waals surface area (Å²) in [6, 6.07) is 15.0. The second kappa shape index (κ2) is 9.50. The highest BCUT2D eigenvalue weighted by atomic mass is 35.5. The number of hydrogen-bond donors (Lipinski definition) is 3. The van der Waals surface area contributed by atoms with E-state index in [1.807, 2.05) is 36.4 Å². The lowest BCUT2D eigenvalue weighted by molar-refractivity contribution is 0.122. The Morgan fingerprint density at radius 3 is 2.65 bits per heavy atom. The van der Waals surface area contributed by atoms with Gasteiger partial charge in [0.1, 0.15) is 5.02 Å². The fourth-order valence-corrected chi connectivity index (χ4v) is 3.26. The number of carbonyl (C=O) groups excluding carboxylic acids is 1. The van der Waals surface area contributed by atoms with Gasteiger partial charge in [-0.3, -0.25) is 0 Å². The third-order valence-corrected chi connectivity index (χ3v) is 4.86. The predicted octanol–water partition coefficient (Wildman–Crippen LogP) is 3.91. The Labute approximate surface area is 184 Å². The van der Waals surface area contributed by atoms with Gasteiger partial charge < -0.3 is 30.7 Å². The first kappa shape index (κ1) is 20.7. The minimum Gasteiger partial charge on any atom is -0.408 e. The molecule has 0 spiro atoms. The Kier molecular flexibility index (Phi) is 6.34. The fourth-order valence-electron chi connectivity index (χ4n) is 3.12. The van der Waals surface area contributed by atoms with Gasteiger partial charge in [-0.25, -0.2) is 9.78 Å². The number of nitrogens with zero attached hydrogens (tertiary/aromatic N) is 3. The summed E-state index contributed by atoms with van der Waals surface area (Å²) >= 11 is 6.24. The van der Waals surface area contributed by atoms with Gasteiger partial charge in [-0.15, -0.1) is 0 Å². The number of primary amides is 1. The summed E-state index contributed by atoms with van der Waals surface area (Å²) in [5.74, 6) is 0.983. The molecule has 9 nitrogen and oxygen atoms in total. The zero-order valence-electron chi connectivity index (χ0n) is 16.5. The lowest BCUT2D eigenvalue weighted by atomic mass is 10.2. The number of para-hydroxylation sites is 1. The molecule has 31 heavy (non-hydrogen) atoms. The van der Waals surface area contributed by atoms with Crippen molar-refractivity contribution < 1.29 is 14.3 Å². The van der Waals surface area contributed by atoms with Gasteiger partial charge in [-0.05, 0) is 24.3 Å². The van der Waals surface area contributed by atoms with Crippen LogP contribution in [0.4, 0.5) is 33.6 Å². The molecule has 2 heterocycles. The van der Waals surface area contributed by atoms with Crippen LogP contribution in [-0.4, -0.2) is 42.4 Å². The highest BCUT2D eigenvalue weighted by Crippen LogP contribution is 2.33. The zero-order valence-corrected chi connectivity index (χ0v) is 17.3. The normalized spacial score (nSPS) is 13.5. The maximum Gasteiger partial charge on any atom is 0.410 e. The number of ether oxygens (including phenoxy) is 2. The first-order valence-electron chi connectivity index (χ1n) is 9.64. The van der Waals surface area contributed by atoms with Gasteiger partial charge in [0.05, 0.1) is 25.1 Å². The van der Waals surface area contributed by atoms with Crippen molar-refractivity contribution in [1.82, 2.24) is 9.97 Å². The molecule has 1 aromatic heterocycles. The Hall–Kier alpha value is -3.56. The SMILES string of the molecule is NC(=O)Oc1cc(N2CCOCC2)ccc1Nc1ncc(Cl)c(Nc2ccccc2)n1. The smallest absolute Gasteiger partial charge is 0.408 e. The summed E-state index contributed by atoms with van der Waals surface area (Å²) in [4.78, 5) is 22.2. The van der Waals surface area contributed by atoms with Crippen LogP contribution in [0.3, 0.4) is 0 Å².